The van der Waals surface area contributed by atoms with Gasteiger partial charge in [0.25, 0.3) is 0 Å². The summed E-state index contributed by atoms with van der Waals surface area (Å²) in [5, 5.41) is 13.2. The SMILES string of the molecule is Cc1sc2c(c1C)C(c1ccc(N3CCNCC3)cc1)=NCc1nnc(C)n1-2. The molecule has 5 rings (SSSR count). The molecule has 2 aromatic heterocycles. The fraction of sp³-hybridized carbons (Fsp3) is 0.381. The van der Waals surface area contributed by atoms with Crippen molar-refractivity contribution in [2.45, 2.75) is 27.3 Å². The van der Waals surface area contributed by atoms with Crippen LogP contribution in [0.5, 0.6) is 0 Å². The molecule has 7 heteroatoms. The fourth-order valence-corrected chi connectivity index (χ4v) is 5.26. The first-order valence-corrected chi connectivity index (χ1v) is 10.6. The van der Waals surface area contributed by atoms with E-state index >= 15 is 0 Å². The zero-order valence-electron chi connectivity index (χ0n) is 16.5. The lowest BCUT2D eigenvalue weighted by atomic mass is 9.99. The summed E-state index contributed by atoms with van der Waals surface area (Å²) in [7, 11) is 0. The van der Waals surface area contributed by atoms with E-state index in [-0.39, 0.29) is 0 Å². The van der Waals surface area contributed by atoms with Crippen LogP contribution in [0, 0.1) is 20.8 Å². The first-order valence-electron chi connectivity index (χ1n) is 9.75. The molecule has 1 saturated heterocycles. The van der Waals surface area contributed by atoms with Gasteiger partial charge in [-0.25, -0.2) is 0 Å². The molecule has 28 heavy (non-hydrogen) atoms. The third-order valence-corrected chi connectivity index (χ3v) is 6.89. The van der Waals surface area contributed by atoms with Crippen molar-refractivity contribution in [3.05, 3.63) is 57.5 Å². The maximum atomic E-state index is 4.98. The minimum Gasteiger partial charge on any atom is -0.369 e. The molecule has 1 N–H and O–H groups in total. The van der Waals surface area contributed by atoms with Crippen LogP contribution in [0.3, 0.4) is 0 Å². The van der Waals surface area contributed by atoms with Crippen LogP contribution in [0.1, 0.15) is 33.2 Å². The number of aromatic nitrogens is 3. The average molecular weight is 393 g/mol. The molecule has 0 radical (unpaired) electrons. The van der Waals surface area contributed by atoms with Crippen molar-refractivity contribution in [2.75, 3.05) is 31.1 Å². The van der Waals surface area contributed by atoms with Crippen LogP contribution >= 0.6 is 11.3 Å². The van der Waals surface area contributed by atoms with Gasteiger partial charge in [0.05, 0.1) is 5.71 Å². The van der Waals surface area contributed by atoms with E-state index in [1.54, 1.807) is 11.3 Å². The smallest absolute Gasteiger partial charge is 0.160 e. The Hall–Kier alpha value is -2.51. The number of hydrogen-bond acceptors (Lipinski definition) is 6. The predicted molar refractivity (Wildman–Crippen MR) is 114 cm³/mol. The standard InChI is InChI=1S/C21H24N6S/c1-13-14(2)28-21-19(13)20(23-12-18-25-24-15(3)27(18)21)16-4-6-17(7-5-16)26-10-8-22-9-11-26/h4-7,22H,8-12H2,1-3H3. The average Bonchev–Trinajstić information content (AvgIpc) is 3.17. The predicted octanol–water partition coefficient (Wildman–Crippen LogP) is 3.01. The number of piperazine rings is 1. The number of benzene rings is 1. The van der Waals surface area contributed by atoms with Crippen LogP contribution in [-0.4, -0.2) is 46.7 Å². The summed E-state index contributed by atoms with van der Waals surface area (Å²) in [6.45, 7) is 11.1. The Morgan fingerprint density at radius 2 is 1.75 bits per heavy atom. The second kappa shape index (κ2) is 6.83. The summed E-state index contributed by atoms with van der Waals surface area (Å²) in [6, 6.07) is 8.89. The van der Waals surface area contributed by atoms with Gasteiger partial charge in [0.2, 0.25) is 0 Å². The van der Waals surface area contributed by atoms with Crippen molar-refractivity contribution in [3.8, 4) is 5.00 Å². The number of fused-ring (bicyclic) bond motifs is 3. The molecule has 0 amide bonds. The molecule has 144 valence electrons. The highest BCUT2D eigenvalue weighted by atomic mass is 32.1. The summed E-state index contributed by atoms with van der Waals surface area (Å²) in [5.41, 5.74) is 6.03. The number of aryl methyl sites for hydroxylation is 2. The van der Waals surface area contributed by atoms with E-state index in [0.29, 0.717) is 6.54 Å². The lowest BCUT2D eigenvalue weighted by molar-refractivity contribution is 0.589. The van der Waals surface area contributed by atoms with Crippen LogP contribution in [0.4, 0.5) is 5.69 Å². The summed E-state index contributed by atoms with van der Waals surface area (Å²) >= 11 is 1.80. The quantitative estimate of drug-likeness (QED) is 0.728. The summed E-state index contributed by atoms with van der Waals surface area (Å²) in [4.78, 5) is 8.73. The maximum Gasteiger partial charge on any atom is 0.160 e. The van der Waals surface area contributed by atoms with Crippen molar-refractivity contribution < 1.29 is 0 Å². The third-order valence-electron chi connectivity index (χ3n) is 5.70. The van der Waals surface area contributed by atoms with E-state index in [2.05, 4.69) is 63.1 Å². The molecule has 6 nitrogen and oxygen atoms in total. The minimum absolute atomic E-state index is 0.551. The van der Waals surface area contributed by atoms with Crippen LogP contribution in [0.25, 0.3) is 5.00 Å². The number of hydrogen-bond donors (Lipinski definition) is 1. The molecule has 4 heterocycles. The van der Waals surface area contributed by atoms with Gasteiger partial charge in [-0.05, 0) is 38.5 Å². The van der Waals surface area contributed by atoms with Crippen molar-refractivity contribution in [1.82, 2.24) is 20.1 Å². The molecule has 3 aromatic rings. The molecule has 0 saturated carbocycles. The second-order valence-corrected chi connectivity index (χ2v) is 8.61. The van der Waals surface area contributed by atoms with Crippen molar-refractivity contribution in [1.29, 1.82) is 0 Å². The van der Waals surface area contributed by atoms with Gasteiger partial charge in [-0.3, -0.25) is 9.56 Å². The van der Waals surface area contributed by atoms with Crippen LogP contribution in [0.2, 0.25) is 0 Å². The summed E-state index contributed by atoms with van der Waals surface area (Å²) < 4.78 is 2.17. The van der Waals surface area contributed by atoms with Gasteiger partial charge < -0.3 is 10.2 Å². The fourth-order valence-electron chi connectivity index (χ4n) is 4.04. The summed E-state index contributed by atoms with van der Waals surface area (Å²) in [6.07, 6.45) is 0. The van der Waals surface area contributed by atoms with E-state index in [4.69, 9.17) is 4.99 Å². The number of rotatable bonds is 2. The molecule has 2 aliphatic rings. The van der Waals surface area contributed by atoms with E-state index in [0.717, 1.165) is 49.1 Å². The van der Waals surface area contributed by atoms with Crippen molar-refractivity contribution >= 4 is 22.7 Å². The van der Waals surface area contributed by atoms with Gasteiger partial charge in [0, 0.05) is 47.9 Å². The highest BCUT2D eigenvalue weighted by Gasteiger charge is 2.26. The van der Waals surface area contributed by atoms with Gasteiger partial charge in [-0.1, -0.05) is 12.1 Å². The lowest BCUT2D eigenvalue weighted by Gasteiger charge is -2.29. The zero-order valence-corrected chi connectivity index (χ0v) is 17.3. The number of thiophene rings is 1. The minimum atomic E-state index is 0.551. The van der Waals surface area contributed by atoms with Gasteiger partial charge in [0.15, 0.2) is 5.82 Å². The molecule has 1 fully saturated rings. The van der Waals surface area contributed by atoms with E-state index in [1.807, 2.05) is 6.92 Å². The Kier molecular flexibility index (Phi) is 4.29. The molecular formula is C21H24N6S. The number of nitrogens with zero attached hydrogens (tertiary/aromatic N) is 5. The molecule has 0 spiro atoms. The Balaban J connectivity index is 1.58. The largest absolute Gasteiger partial charge is 0.369 e. The first kappa shape index (κ1) is 17.6. The van der Waals surface area contributed by atoms with Crippen molar-refractivity contribution in [2.24, 2.45) is 4.99 Å². The maximum absolute atomic E-state index is 4.98. The molecule has 2 aliphatic heterocycles. The van der Waals surface area contributed by atoms with E-state index in [9.17, 15) is 0 Å². The Bertz CT molecular complexity index is 1050. The second-order valence-electron chi connectivity index (χ2n) is 7.41. The zero-order chi connectivity index (χ0) is 19.3. The number of aliphatic imine (C=N–C) groups is 1. The normalized spacial score (nSPS) is 16.4. The van der Waals surface area contributed by atoms with Crippen LogP contribution in [0.15, 0.2) is 29.3 Å². The highest BCUT2D eigenvalue weighted by Crippen LogP contribution is 2.36. The number of anilines is 1. The Labute approximate surface area is 168 Å². The Morgan fingerprint density at radius 3 is 2.50 bits per heavy atom. The van der Waals surface area contributed by atoms with Gasteiger partial charge >= 0.3 is 0 Å². The molecule has 0 unspecified atom stereocenters. The van der Waals surface area contributed by atoms with E-state index in [1.165, 1.54) is 26.7 Å². The first-order chi connectivity index (χ1) is 13.6. The highest BCUT2D eigenvalue weighted by molar-refractivity contribution is 7.15. The molecule has 1 aromatic carbocycles. The lowest BCUT2D eigenvalue weighted by Crippen LogP contribution is -2.43. The topological polar surface area (TPSA) is 58.3 Å². The Morgan fingerprint density at radius 1 is 1.00 bits per heavy atom. The van der Waals surface area contributed by atoms with Gasteiger partial charge in [-0.15, -0.1) is 21.5 Å². The number of nitrogens with one attached hydrogen (secondary N) is 1. The van der Waals surface area contributed by atoms with Gasteiger partial charge in [0.1, 0.15) is 17.4 Å². The molecule has 0 bridgehead atoms. The molecule has 0 atom stereocenters. The molecule has 0 aliphatic carbocycles. The van der Waals surface area contributed by atoms with Crippen molar-refractivity contribution in [3.63, 3.8) is 0 Å². The van der Waals surface area contributed by atoms with E-state index < -0.39 is 0 Å². The third kappa shape index (κ3) is 2.77. The van der Waals surface area contributed by atoms with Crippen LogP contribution < -0.4 is 10.2 Å². The molecular weight excluding hydrogens is 368 g/mol. The summed E-state index contributed by atoms with van der Waals surface area (Å²) in [5.74, 6) is 1.83. The monoisotopic (exact) mass is 392 g/mol. The van der Waals surface area contributed by atoms with Gasteiger partial charge in [-0.2, -0.15) is 0 Å². The van der Waals surface area contributed by atoms with Crippen LogP contribution in [-0.2, 0) is 6.54 Å².